The molecule has 0 saturated heterocycles. The number of hydrogen-bond acceptors (Lipinski definition) is 4. The van der Waals surface area contributed by atoms with Gasteiger partial charge in [0.2, 0.25) is 0 Å². The van der Waals surface area contributed by atoms with E-state index in [4.69, 9.17) is 15.0 Å². The van der Waals surface area contributed by atoms with Crippen LogP contribution in [0.5, 0.6) is 0 Å². The lowest BCUT2D eigenvalue weighted by atomic mass is 9.91. The van der Waals surface area contributed by atoms with Crippen LogP contribution in [0.3, 0.4) is 0 Å². The van der Waals surface area contributed by atoms with E-state index in [0.717, 1.165) is 49.9 Å². The van der Waals surface area contributed by atoms with Crippen LogP contribution < -0.4 is 0 Å². The minimum Gasteiger partial charge on any atom is -0.309 e. The summed E-state index contributed by atoms with van der Waals surface area (Å²) < 4.78 is 4.93. The number of thiophene rings is 1. The highest BCUT2D eigenvalue weighted by Gasteiger charge is 2.23. The van der Waals surface area contributed by atoms with E-state index >= 15 is 0 Å². The monoisotopic (exact) mass is 906 g/mol. The summed E-state index contributed by atoms with van der Waals surface area (Å²) in [5, 5.41) is 16.9. The van der Waals surface area contributed by atoms with E-state index in [1.165, 1.54) is 79.4 Å². The first-order valence-corrected chi connectivity index (χ1v) is 24.6. The predicted octanol–water partition coefficient (Wildman–Crippen LogP) is 17.8. The summed E-state index contributed by atoms with van der Waals surface area (Å²) in [6.45, 7) is 0. The average Bonchev–Trinajstić information content (AvgIpc) is 3.98. The Hall–Kier alpha value is -9.03. The zero-order valence-corrected chi connectivity index (χ0v) is 38.5. The summed E-state index contributed by atoms with van der Waals surface area (Å²) in [7, 11) is 0. The summed E-state index contributed by atoms with van der Waals surface area (Å²) >= 11 is 1.85. The fourth-order valence-electron chi connectivity index (χ4n) is 11.3. The van der Waals surface area contributed by atoms with Gasteiger partial charge < -0.3 is 4.57 Å². The van der Waals surface area contributed by atoms with Crippen molar-refractivity contribution in [1.82, 2.24) is 19.5 Å². The predicted molar refractivity (Wildman–Crippen MR) is 296 cm³/mol. The van der Waals surface area contributed by atoms with Crippen molar-refractivity contribution < 1.29 is 0 Å². The molecule has 0 atom stereocenters. The summed E-state index contributed by atoms with van der Waals surface area (Å²) in [4.78, 5) is 16.4. The summed E-state index contributed by atoms with van der Waals surface area (Å²) in [6.07, 6.45) is 0. The van der Waals surface area contributed by atoms with E-state index in [-0.39, 0.29) is 0 Å². The second-order valence-corrected chi connectivity index (χ2v) is 19.3. The molecule has 12 aromatic carbocycles. The number of benzene rings is 12. The van der Waals surface area contributed by atoms with E-state index in [0.29, 0.717) is 17.5 Å². The molecule has 0 N–H and O–H groups in total. The molecule has 15 aromatic rings. The number of para-hydroxylation sites is 1. The maximum absolute atomic E-state index is 5.60. The maximum atomic E-state index is 5.60. The van der Waals surface area contributed by atoms with E-state index in [1.54, 1.807) is 0 Å². The molecule has 0 bridgehead atoms. The minimum atomic E-state index is 0.613. The van der Waals surface area contributed by atoms with Gasteiger partial charge in [0.1, 0.15) is 0 Å². The van der Waals surface area contributed by atoms with Crippen molar-refractivity contribution in [1.29, 1.82) is 0 Å². The molecule has 70 heavy (non-hydrogen) atoms. The molecule has 15 rings (SSSR count). The highest BCUT2D eigenvalue weighted by Crippen LogP contribution is 2.47. The second-order valence-electron chi connectivity index (χ2n) is 18.2. The number of nitrogens with zero attached hydrogens (tertiary/aromatic N) is 4. The van der Waals surface area contributed by atoms with Crippen molar-refractivity contribution in [2.75, 3.05) is 0 Å². The second kappa shape index (κ2) is 15.2. The van der Waals surface area contributed by atoms with Crippen molar-refractivity contribution in [2.45, 2.75) is 0 Å². The Morgan fingerprint density at radius 3 is 1.64 bits per heavy atom. The van der Waals surface area contributed by atoms with Gasteiger partial charge in [-0.05, 0) is 108 Å². The van der Waals surface area contributed by atoms with Gasteiger partial charge in [-0.3, -0.25) is 0 Å². The van der Waals surface area contributed by atoms with Gasteiger partial charge in [0.05, 0.1) is 11.0 Å². The van der Waals surface area contributed by atoms with E-state index in [9.17, 15) is 0 Å². The standard InChI is InChI=1S/C65H38N4S/c1-2-17-40(18-3-1)63-66-64(68-65(67-63)53-29-14-27-50-47-23-9-8-22-45(47)46-24-10-11-26-49(46)60(50)53)52-34-33-43(69-56-30-13-12-25-48(56)55-36-41-19-4-5-20-42(41)37-57(55)69)38-54(52)51-28-15-31-58-62(51)61-44-21-7-6-16-39(44)32-35-59(61)70-58/h1-38H. The highest BCUT2D eigenvalue weighted by molar-refractivity contribution is 7.26. The van der Waals surface area contributed by atoms with E-state index in [1.807, 2.05) is 17.4 Å². The smallest absolute Gasteiger partial charge is 0.164 e. The summed E-state index contributed by atoms with van der Waals surface area (Å²) in [6, 6.07) is 83.4. The third-order valence-corrected chi connectivity index (χ3v) is 15.5. The van der Waals surface area contributed by atoms with Crippen molar-refractivity contribution in [3.63, 3.8) is 0 Å². The molecule has 0 amide bonds. The van der Waals surface area contributed by atoms with Gasteiger partial charge in [0.25, 0.3) is 0 Å². The lowest BCUT2D eigenvalue weighted by Gasteiger charge is -2.17. The van der Waals surface area contributed by atoms with E-state index < -0.39 is 0 Å². The molecule has 5 heteroatoms. The van der Waals surface area contributed by atoms with Gasteiger partial charge in [-0.1, -0.05) is 182 Å². The lowest BCUT2D eigenvalue weighted by molar-refractivity contribution is 1.08. The van der Waals surface area contributed by atoms with Gasteiger partial charge in [0, 0.05) is 58.7 Å². The Morgan fingerprint density at radius 1 is 0.286 bits per heavy atom. The average molecular weight is 907 g/mol. The molecule has 0 fully saturated rings. The molecule has 0 spiro atoms. The Morgan fingerprint density at radius 2 is 0.857 bits per heavy atom. The largest absolute Gasteiger partial charge is 0.309 e. The van der Waals surface area contributed by atoms with Crippen LogP contribution in [0.2, 0.25) is 0 Å². The molecule has 0 aliphatic rings. The Kier molecular flexibility index (Phi) is 8.49. The molecule has 324 valence electrons. The van der Waals surface area contributed by atoms with Crippen molar-refractivity contribution >= 4 is 107 Å². The van der Waals surface area contributed by atoms with Gasteiger partial charge in [-0.2, -0.15) is 0 Å². The quantitative estimate of drug-likeness (QED) is 0.162. The molecule has 0 saturated carbocycles. The zero-order chi connectivity index (χ0) is 45.9. The highest BCUT2D eigenvalue weighted by atomic mass is 32.1. The van der Waals surface area contributed by atoms with Crippen LogP contribution >= 0.6 is 11.3 Å². The van der Waals surface area contributed by atoms with Crippen LogP contribution in [0.1, 0.15) is 0 Å². The lowest BCUT2D eigenvalue weighted by Crippen LogP contribution is -2.03. The molecular formula is C65H38N4S. The zero-order valence-electron chi connectivity index (χ0n) is 37.6. The first-order valence-electron chi connectivity index (χ1n) is 23.8. The number of aromatic nitrogens is 4. The molecule has 3 aromatic heterocycles. The van der Waals surface area contributed by atoms with Crippen LogP contribution in [0.4, 0.5) is 0 Å². The van der Waals surface area contributed by atoms with Crippen LogP contribution in [0.25, 0.3) is 147 Å². The molecule has 0 aliphatic carbocycles. The number of fused-ring (bicyclic) bond motifs is 15. The van der Waals surface area contributed by atoms with E-state index in [2.05, 4.69) is 229 Å². The fourth-order valence-corrected chi connectivity index (χ4v) is 12.5. The van der Waals surface area contributed by atoms with Crippen molar-refractivity contribution in [2.24, 2.45) is 0 Å². The van der Waals surface area contributed by atoms with Crippen molar-refractivity contribution in [3.05, 3.63) is 231 Å². The first kappa shape index (κ1) is 39.0. The fraction of sp³-hybridized carbons (Fsp3) is 0. The Balaban J connectivity index is 1.06. The molecule has 0 aliphatic heterocycles. The van der Waals surface area contributed by atoms with Gasteiger partial charge in [-0.15, -0.1) is 11.3 Å². The maximum Gasteiger partial charge on any atom is 0.164 e. The van der Waals surface area contributed by atoms with Gasteiger partial charge in [0.15, 0.2) is 17.5 Å². The third kappa shape index (κ3) is 5.86. The number of rotatable bonds is 5. The summed E-state index contributed by atoms with van der Waals surface area (Å²) in [5.74, 6) is 1.86. The molecule has 0 unspecified atom stereocenters. The van der Waals surface area contributed by atoms with Crippen LogP contribution in [0, 0.1) is 0 Å². The van der Waals surface area contributed by atoms with Crippen molar-refractivity contribution in [3.8, 4) is 51.0 Å². The van der Waals surface area contributed by atoms with Gasteiger partial charge in [-0.25, -0.2) is 15.0 Å². The van der Waals surface area contributed by atoms with Gasteiger partial charge >= 0.3 is 0 Å². The Labute approximate surface area is 406 Å². The molecule has 0 radical (unpaired) electrons. The first-order chi connectivity index (χ1) is 34.7. The van der Waals surface area contributed by atoms with Crippen LogP contribution in [-0.4, -0.2) is 19.5 Å². The molecular weight excluding hydrogens is 869 g/mol. The minimum absolute atomic E-state index is 0.613. The third-order valence-electron chi connectivity index (χ3n) is 14.4. The van der Waals surface area contributed by atoms with Crippen LogP contribution in [-0.2, 0) is 0 Å². The normalized spacial score (nSPS) is 12.0. The Bertz CT molecular complexity index is 4620. The molecule has 4 nitrogen and oxygen atoms in total. The van der Waals surface area contributed by atoms with Crippen LogP contribution in [0.15, 0.2) is 231 Å². The summed E-state index contributed by atoms with van der Waals surface area (Å²) in [5.41, 5.74) is 8.38. The number of hydrogen-bond donors (Lipinski definition) is 0. The SMILES string of the molecule is c1ccc(-c2nc(-c3ccc(-n4c5ccccc5c5cc6ccccc6cc54)cc3-c3cccc4sc5ccc6ccccc6c5c34)nc(-c3cccc4c5ccccc5c5ccccc5c34)n2)cc1. The molecule has 3 heterocycles. The topological polar surface area (TPSA) is 43.6 Å².